The molecule has 0 spiro atoms. The minimum atomic E-state index is -1.22. The Hall–Kier alpha value is -4.41. The summed E-state index contributed by atoms with van der Waals surface area (Å²) in [6, 6.07) is 14.0. The minimum Gasteiger partial charge on any atom is -0.481 e. The Kier molecular flexibility index (Phi) is 9.93. The summed E-state index contributed by atoms with van der Waals surface area (Å²) in [4.78, 5) is 72.2. The highest BCUT2D eigenvalue weighted by Crippen LogP contribution is 2.45. The molecule has 0 aromatic heterocycles. The molecule has 5 rings (SSSR count). The first-order valence-electron chi connectivity index (χ1n) is 16.4. The van der Waals surface area contributed by atoms with Crippen molar-refractivity contribution in [1.29, 1.82) is 0 Å². The second-order valence-electron chi connectivity index (χ2n) is 13.4. The highest BCUT2D eigenvalue weighted by molar-refractivity contribution is 5.97. The van der Waals surface area contributed by atoms with E-state index in [4.69, 9.17) is 4.74 Å². The van der Waals surface area contributed by atoms with Crippen LogP contribution >= 0.6 is 0 Å². The summed E-state index contributed by atoms with van der Waals surface area (Å²) >= 11 is 0. The molecule has 1 N–H and O–H groups in total. The highest BCUT2D eigenvalue weighted by atomic mass is 16.6. The van der Waals surface area contributed by atoms with E-state index < -0.39 is 47.9 Å². The Morgan fingerprint density at radius 1 is 0.809 bits per heavy atom. The van der Waals surface area contributed by atoms with Crippen molar-refractivity contribution < 1.29 is 33.8 Å². The van der Waals surface area contributed by atoms with Crippen molar-refractivity contribution in [2.45, 2.75) is 74.9 Å². The summed E-state index contributed by atoms with van der Waals surface area (Å²) in [5, 5.41) is 9.54. The molecule has 0 radical (unpaired) electrons. The summed E-state index contributed by atoms with van der Waals surface area (Å²) in [5.74, 6) is -2.83. The molecule has 0 saturated heterocycles. The third-order valence-electron chi connectivity index (χ3n) is 10.6. The molecule has 11 nitrogen and oxygen atoms in total. The first-order chi connectivity index (χ1) is 22.4. The van der Waals surface area contributed by atoms with Crippen LogP contribution < -0.4 is 0 Å². The maximum atomic E-state index is 14.4. The van der Waals surface area contributed by atoms with Gasteiger partial charge in [0, 0.05) is 41.2 Å². The maximum absolute atomic E-state index is 14.4. The Morgan fingerprint density at radius 2 is 1.36 bits per heavy atom. The van der Waals surface area contributed by atoms with Crippen LogP contribution in [0.5, 0.6) is 0 Å². The van der Waals surface area contributed by atoms with E-state index in [2.05, 4.69) is 12.1 Å². The summed E-state index contributed by atoms with van der Waals surface area (Å²) in [5.41, 5.74) is 3.25. The fourth-order valence-electron chi connectivity index (χ4n) is 7.70. The smallest absolute Gasteiger partial charge is 0.410 e. The van der Waals surface area contributed by atoms with Gasteiger partial charge in [-0.15, -0.1) is 0 Å². The molecule has 2 aromatic rings. The molecular formula is C36H46N4O7. The Balaban J connectivity index is 1.35. The van der Waals surface area contributed by atoms with Crippen molar-refractivity contribution in [1.82, 2.24) is 19.6 Å². The molecule has 0 aliphatic heterocycles. The van der Waals surface area contributed by atoms with Gasteiger partial charge in [-0.1, -0.05) is 61.4 Å². The van der Waals surface area contributed by atoms with Crippen molar-refractivity contribution in [3.8, 4) is 11.1 Å². The van der Waals surface area contributed by atoms with Crippen molar-refractivity contribution in [2.75, 3.05) is 41.8 Å². The first kappa shape index (κ1) is 33.9. The summed E-state index contributed by atoms with van der Waals surface area (Å²) < 4.78 is 5.92. The number of hydrogen-bond donors (Lipinski definition) is 1. The first-order valence-corrected chi connectivity index (χ1v) is 16.4. The second-order valence-corrected chi connectivity index (χ2v) is 13.4. The summed E-state index contributed by atoms with van der Waals surface area (Å²) in [7, 11) is 7.63. The number of carbonyl (C=O) groups excluding carboxylic acids is 4. The van der Waals surface area contributed by atoms with E-state index >= 15 is 0 Å². The lowest BCUT2D eigenvalue weighted by Crippen LogP contribution is -2.66. The van der Waals surface area contributed by atoms with E-state index in [0.29, 0.717) is 12.8 Å². The van der Waals surface area contributed by atoms with Gasteiger partial charge in [0.2, 0.25) is 17.7 Å². The van der Waals surface area contributed by atoms with Crippen molar-refractivity contribution in [3.63, 3.8) is 0 Å². The van der Waals surface area contributed by atoms with Crippen LogP contribution in [0, 0.1) is 5.92 Å². The lowest BCUT2D eigenvalue weighted by atomic mass is 9.74. The molecule has 3 aliphatic rings. The molecule has 252 valence electrons. The number of amides is 4. The van der Waals surface area contributed by atoms with E-state index in [0.717, 1.165) is 54.4 Å². The van der Waals surface area contributed by atoms with E-state index in [1.165, 1.54) is 40.7 Å². The monoisotopic (exact) mass is 646 g/mol. The standard InChI is InChI=1S/C36H46N4O7/c1-37(2)32(43)29(21-30(41)42)38(3)33(44)31(23-13-6-7-14-23)39(4)34(45)36(19-12-20-36)40(5)35(46)47-22-28-26-17-10-8-15-24(26)25-16-9-11-18-27(25)28/h8-11,15-18,23,28-29,31H,6-7,12-14,19-22H2,1-5H3,(H,41,42)/t29-,31-/m0/s1. The van der Waals surface area contributed by atoms with Gasteiger partial charge in [-0.3, -0.25) is 24.1 Å². The van der Waals surface area contributed by atoms with Gasteiger partial charge in [-0.05, 0) is 60.3 Å². The van der Waals surface area contributed by atoms with Gasteiger partial charge < -0.3 is 24.5 Å². The van der Waals surface area contributed by atoms with Gasteiger partial charge in [0.1, 0.15) is 24.2 Å². The van der Waals surface area contributed by atoms with Gasteiger partial charge in [0.25, 0.3) is 0 Å². The Bertz CT molecular complexity index is 1490. The SMILES string of the molecule is CN(C)C(=O)[C@H](CC(=O)O)N(C)C(=O)[C@H](C1CCCC1)N(C)C(=O)C1(N(C)C(=O)OCC2c3ccccc3-c3ccccc32)CCC1. The molecule has 4 amide bonds. The number of benzene rings is 2. The minimum absolute atomic E-state index is 0.121. The van der Waals surface area contributed by atoms with E-state index in [9.17, 15) is 29.1 Å². The summed E-state index contributed by atoms with van der Waals surface area (Å²) in [6.07, 6.45) is 3.69. The molecule has 0 bridgehead atoms. The molecule has 2 saturated carbocycles. The topological polar surface area (TPSA) is 128 Å². The van der Waals surface area contributed by atoms with Crippen LogP contribution in [0.3, 0.4) is 0 Å². The van der Waals surface area contributed by atoms with Crippen molar-refractivity contribution in [3.05, 3.63) is 59.7 Å². The lowest BCUT2D eigenvalue weighted by molar-refractivity contribution is -0.159. The predicted octanol–water partition coefficient (Wildman–Crippen LogP) is 4.20. The molecule has 11 heteroatoms. The molecular weight excluding hydrogens is 600 g/mol. The number of hydrogen-bond acceptors (Lipinski definition) is 6. The maximum Gasteiger partial charge on any atom is 0.410 e. The van der Waals surface area contributed by atoms with Crippen LogP contribution in [-0.2, 0) is 23.9 Å². The van der Waals surface area contributed by atoms with E-state index in [-0.39, 0.29) is 24.3 Å². The second kappa shape index (κ2) is 13.8. The van der Waals surface area contributed by atoms with Crippen molar-refractivity contribution >= 4 is 29.8 Å². The number of ether oxygens (including phenoxy) is 1. The van der Waals surface area contributed by atoms with Gasteiger partial charge in [0.15, 0.2) is 0 Å². The number of aliphatic carboxylic acids is 1. The number of rotatable bonds is 11. The number of fused-ring (bicyclic) bond motifs is 3. The molecule has 47 heavy (non-hydrogen) atoms. The molecule has 2 atom stereocenters. The van der Waals surface area contributed by atoms with Crippen LogP contribution in [0.25, 0.3) is 11.1 Å². The van der Waals surface area contributed by atoms with Crippen molar-refractivity contribution in [2.24, 2.45) is 5.92 Å². The average molecular weight is 647 g/mol. The zero-order valence-corrected chi connectivity index (χ0v) is 28.0. The third-order valence-corrected chi connectivity index (χ3v) is 10.6. The number of carboxylic acids is 1. The third kappa shape index (κ3) is 6.32. The summed E-state index contributed by atoms with van der Waals surface area (Å²) in [6.45, 7) is 0.121. The fraction of sp³-hybridized carbons (Fsp3) is 0.528. The molecule has 3 aliphatic carbocycles. The zero-order valence-electron chi connectivity index (χ0n) is 28.0. The highest BCUT2D eigenvalue weighted by Gasteiger charge is 2.54. The van der Waals surface area contributed by atoms with Crippen LogP contribution in [0.2, 0.25) is 0 Å². The van der Waals surface area contributed by atoms with Crippen LogP contribution in [-0.4, -0.2) is 114 Å². The normalized spacial score (nSPS) is 17.8. The largest absolute Gasteiger partial charge is 0.481 e. The fourth-order valence-corrected chi connectivity index (χ4v) is 7.70. The average Bonchev–Trinajstić information content (AvgIpc) is 3.67. The molecule has 0 unspecified atom stereocenters. The van der Waals surface area contributed by atoms with Gasteiger partial charge >= 0.3 is 12.1 Å². The molecule has 2 aromatic carbocycles. The van der Waals surface area contributed by atoms with E-state index in [1.807, 2.05) is 36.4 Å². The van der Waals surface area contributed by atoms with Gasteiger partial charge in [-0.2, -0.15) is 0 Å². The van der Waals surface area contributed by atoms with Crippen LogP contribution in [0.15, 0.2) is 48.5 Å². The van der Waals surface area contributed by atoms with Crippen LogP contribution in [0.4, 0.5) is 4.79 Å². The lowest BCUT2D eigenvalue weighted by Gasteiger charge is -2.49. The van der Waals surface area contributed by atoms with Gasteiger partial charge in [0.05, 0.1) is 6.42 Å². The predicted molar refractivity (Wildman–Crippen MR) is 175 cm³/mol. The zero-order chi connectivity index (χ0) is 34.0. The van der Waals surface area contributed by atoms with Gasteiger partial charge in [-0.25, -0.2) is 4.79 Å². The Morgan fingerprint density at radius 3 is 1.85 bits per heavy atom. The number of carbonyl (C=O) groups is 5. The Labute approximate surface area is 276 Å². The van der Waals surface area contributed by atoms with E-state index in [1.54, 1.807) is 14.1 Å². The quantitative estimate of drug-likeness (QED) is 0.388. The number of nitrogens with zero attached hydrogens (tertiary/aromatic N) is 4. The number of likely N-dealkylation sites (N-methyl/N-ethyl adjacent to an activating group) is 4. The molecule has 2 fully saturated rings. The van der Waals surface area contributed by atoms with Crippen LogP contribution in [0.1, 0.15) is 68.4 Å². The molecule has 0 heterocycles. The number of carboxylic acid groups (broad SMARTS) is 1.